The van der Waals surface area contributed by atoms with Crippen molar-refractivity contribution in [2.45, 2.75) is 57.2 Å². The van der Waals surface area contributed by atoms with E-state index in [1.54, 1.807) is 0 Å². The highest BCUT2D eigenvalue weighted by molar-refractivity contribution is 4.73. The summed E-state index contributed by atoms with van der Waals surface area (Å²) in [5, 5.41) is 0. The van der Waals surface area contributed by atoms with Gasteiger partial charge >= 0.3 is 0 Å². The van der Waals surface area contributed by atoms with Gasteiger partial charge in [0.05, 0.1) is 18.8 Å². The zero-order valence-corrected chi connectivity index (χ0v) is 11.2. The zero-order valence-electron chi connectivity index (χ0n) is 11.2. The minimum Gasteiger partial charge on any atom is -0.381 e. The fraction of sp³-hybridized carbons (Fsp3) is 1.00. The van der Waals surface area contributed by atoms with Crippen molar-refractivity contribution in [1.82, 2.24) is 4.90 Å². The molecule has 0 N–H and O–H groups in total. The lowest BCUT2D eigenvalue weighted by atomic mass is 9.95. The molecule has 0 atom stereocenters. The molecule has 3 heteroatoms. The molecule has 0 amide bonds. The molecule has 3 nitrogen and oxygen atoms in total. The van der Waals surface area contributed by atoms with Crippen molar-refractivity contribution < 1.29 is 9.47 Å². The van der Waals surface area contributed by atoms with Gasteiger partial charge in [0.2, 0.25) is 0 Å². The fourth-order valence-corrected chi connectivity index (χ4v) is 2.97. The summed E-state index contributed by atoms with van der Waals surface area (Å²) in [7, 11) is 1.82. The quantitative estimate of drug-likeness (QED) is 0.738. The van der Waals surface area contributed by atoms with E-state index in [0.29, 0.717) is 12.2 Å². The molecule has 100 valence electrons. The van der Waals surface area contributed by atoms with Crippen LogP contribution in [0.15, 0.2) is 0 Å². The van der Waals surface area contributed by atoms with Crippen LogP contribution in [0.25, 0.3) is 0 Å². The van der Waals surface area contributed by atoms with Gasteiger partial charge in [-0.2, -0.15) is 0 Å². The second-order valence-electron chi connectivity index (χ2n) is 5.41. The Morgan fingerprint density at radius 2 is 1.59 bits per heavy atom. The number of ether oxygens (including phenoxy) is 2. The van der Waals surface area contributed by atoms with Gasteiger partial charge in [-0.3, -0.25) is 0 Å². The first kappa shape index (κ1) is 13.3. The Hall–Kier alpha value is -0.120. The van der Waals surface area contributed by atoms with Gasteiger partial charge < -0.3 is 14.4 Å². The molecule has 0 aromatic carbocycles. The molecule has 0 spiro atoms. The maximum atomic E-state index is 5.98. The van der Waals surface area contributed by atoms with Crippen molar-refractivity contribution in [1.29, 1.82) is 0 Å². The summed E-state index contributed by atoms with van der Waals surface area (Å²) in [6, 6.07) is 0. The molecular weight excluding hydrogens is 214 g/mol. The first-order chi connectivity index (χ1) is 8.38. The molecule has 1 heterocycles. The first-order valence-electron chi connectivity index (χ1n) is 7.25. The fourth-order valence-electron chi connectivity index (χ4n) is 2.97. The minimum atomic E-state index is 0.483. The van der Waals surface area contributed by atoms with Gasteiger partial charge in [0.15, 0.2) is 0 Å². The molecule has 2 fully saturated rings. The number of piperidine rings is 1. The highest BCUT2D eigenvalue weighted by Gasteiger charge is 2.21. The summed E-state index contributed by atoms with van der Waals surface area (Å²) in [6.45, 7) is 4.60. The number of rotatable bonds is 5. The molecule has 2 rings (SSSR count). The monoisotopic (exact) mass is 241 g/mol. The summed E-state index contributed by atoms with van der Waals surface area (Å²) in [5.41, 5.74) is 0. The molecule has 0 radical (unpaired) electrons. The van der Waals surface area contributed by atoms with Crippen molar-refractivity contribution in [2.75, 3.05) is 33.4 Å². The number of likely N-dealkylation sites (tertiary alicyclic amines) is 1. The van der Waals surface area contributed by atoms with Crippen LogP contribution in [0.5, 0.6) is 0 Å². The van der Waals surface area contributed by atoms with Crippen LogP contribution in [-0.2, 0) is 9.47 Å². The lowest BCUT2D eigenvalue weighted by Crippen LogP contribution is -2.34. The average Bonchev–Trinajstić information content (AvgIpc) is 2.41. The van der Waals surface area contributed by atoms with E-state index in [1.807, 2.05) is 7.11 Å². The van der Waals surface area contributed by atoms with Gasteiger partial charge in [-0.05, 0) is 51.6 Å². The molecule has 1 aliphatic heterocycles. The lowest BCUT2D eigenvalue weighted by Gasteiger charge is -2.30. The summed E-state index contributed by atoms with van der Waals surface area (Å²) in [5.74, 6) is 0. The molecular formula is C14H27NO2. The Bertz CT molecular complexity index is 196. The normalized spacial score (nSPS) is 31.6. The molecule has 1 saturated carbocycles. The minimum absolute atomic E-state index is 0.483. The average molecular weight is 241 g/mol. The Kier molecular flexibility index (Phi) is 5.75. The third-order valence-corrected chi connectivity index (χ3v) is 4.16. The highest BCUT2D eigenvalue weighted by Crippen LogP contribution is 2.22. The van der Waals surface area contributed by atoms with Crippen LogP contribution in [0.4, 0.5) is 0 Å². The van der Waals surface area contributed by atoms with Crippen LogP contribution in [0.1, 0.15) is 44.9 Å². The van der Waals surface area contributed by atoms with E-state index >= 15 is 0 Å². The van der Waals surface area contributed by atoms with Crippen LogP contribution in [0, 0.1) is 0 Å². The Labute approximate surface area is 105 Å². The molecule has 0 aromatic heterocycles. The first-order valence-corrected chi connectivity index (χ1v) is 7.25. The Morgan fingerprint density at radius 3 is 2.24 bits per heavy atom. The van der Waals surface area contributed by atoms with Crippen molar-refractivity contribution in [3.8, 4) is 0 Å². The summed E-state index contributed by atoms with van der Waals surface area (Å²) in [4.78, 5) is 2.55. The van der Waals surface area contributed by atoms with Gasteiger partial charge in [0.1, 0.15) is 0 Å². The van der Waals surface area contributed by atoms with E-state index in [0.717, 1.165) is 13.2 Å². The van der Waals surface area contributed by atoms with E-state index in [2.05, 4.69) is 4.90 Å². The van der Waals surface area contributed by atoms with E-state index in [9.17, 15) is 0 Å². The van der Waals surface area contributed by atoms with Crippen LogP contribution >= 0.6 is 0 Å². The molecule has 0 unspecified atom stereocenters. The topological polar surface area (TPSA) is 21.7 Å². The maximum absolute atomic E-state index is 5.98. The third kappa shape index (κ3) is 4.57. The van der Waals surface area contributed by atoms with Gasteiger partial charge in [0.25, 0.3) is 0 Å². The van der Waals surface area contributed by atoms with E-state index in [1.165, 1.54) is 58.0 Å². The summed E-state index contributed by atoms with van der Waals surface area (Å²) in [6.07, 6.45) is 9.84. The maximum Gasteiger partial charge on any atom is 0.0597 e. The Morgan fingerprint density at radius 1 is 0.941 bits per heavy atom. The second-order valence-corrected chi connectivity index (χ2v) is 5.41. The van der Waals surface area contributed by atoms with E-state index in [4.69, 9.17) is 9.47 Å². The van der Waals surface area contributed by atoms with Crippen LogP contribution in [0.3, 0.4) is 0 Å². The van der Waals surface area contributed by atoms with Gasteiger partial charge in [-0.1, -0.05) is 6.42 Å². The lowest BCUT2D eigenvalue weighted by molar-refractivity contribution is -0.0229. The molecule has 1 aliphatic carbocycles. The van der Waals surface area contributed by atoms with E-state index in [-0.39, 0.29) is 0 Å². The molecule has 1 saturated heterocycles. The summed E-state index contributed by atoms with van der Waals surface area (Å²) < 4.78 is 11.4. The molecule has 0 aromatic rings. The standard InChI is InChI=1S/C14H27NO2/c1-16-13-5-7-14(8-6-13)17-12-11-15-9-3-2-4-10-15/h13-14H,2-12H2,1H3. The third-order valence-electron chi connectivity index (χ3n) is 4.16. The van der Waals surface area contributed by atoms with Gasteiger partial charge in [0, 0.05) is 13.7 Å². The Balaban J connectivity index is 1.53. The number of hydrogen-bond acceptors (Lipinski definition) is 3. The predicted octanol–water partition coefficient (Wildman–Crippen LogP) is 2.45. The van der Waals surface area contributed by atoms with Crippen molar-refractivity contribution >= 4 is 0 Å². The molecule has 2 aliphatic rings. The molecule has 0 bridgehead atoms. The van der Waals surface area contributed by atoms with Gasteiger partial charge in [-0.15, -0.1) is 0 Å². The van der Waals surface area contributed by atoms with Crippen molar-refractivity contribution in [3.05, 3.63) is 0 Å². The number of hydrogen-bond donors (Lipinski definition) is 0. The number of methoxy groups -OCH3 is 1. The van der Waals surface area contributed by atoms with Crippen LogP contribution < -0.4 is 0 Å². The second kappa shape index (κ2) is 7.34. The van der Waals surface area contributed by atoms with Crippen LogP contribution in [-0.4, -0.2) is 50.5 Å². The van der Waals surface area contributed by atoms with Gasteiger partial charge in [-0.25, -0.2) is 0 Å². The zero-order chi connectivity index (χ0) is 11.9. The van der Waals surface area contributed by atoms with Crippen molar-refractivity contribution in [2.24, 2.45) is 0 Å². The smallest absolute Gasteiger partial charge is 0.0597 e. The highest BCUT2D eigenvalue weighted by atomic mass is 16.5. The molecule has 17 heavy (non-hydrogen) atoms. The predicted molar refractivity (Wildman–Crippen MR) is 69.3 cm³/mol. The summed E-state index contributed by atoms with van der Waals surface area (Å²) >= 11 is 0. The van der Waals surface area contributed by atoms with E-state index < -0.39 is 0 Å². The van der Waals surface area contributed by atoms with Crippen molar-refractivity contribution in [3.63, 3.8) is 0 Å². The number of nitrogens with zero attached hydrogens (tertiary/aromatic N) is 1. The van der Waals surface area contributed by atoms with Crippen LogP contribution in [0.2, 0.25) is 0 Å². The largest absolute Gasteiger partial charge is 0.381 e. The SMILES string of the molecule is COC1CCC(OCCN2CCCCC2)CC1.